The maximum Gasteiger partial charge on any atom is 0.378 e. The molecule has 0 aliphatic carbocycles. The van der Waals surface area contributed by atoms with Gasteiger partial charge in [0.15, 0.2) is 0 Å². The van der Waals surface area contributed by atoms with Crippen molar-refractivity contribution in [3.8, 4) is 0 Å². The quantitative estimate of drug-likeness (QED) is 0.544. The molecule has 74 valence electrons. The number of carbonyl (C=O) groups excluding carboxylic acids is 1. The van der Waals surface area contributed by atoms with Crippen LogP contribution >= 0.6 is 15.9 Å². The smallest absolute Gasteiger partial charge is 0.329 e. The van der Waals surface area contributed by atoms with Crippen LogP contribution in [0.2, 0.25) is 0 Å². The first-order chi connectivity index (χ1) is 5.93. The van der Waals surface area contributed by atoms with Gasteiger partial charge in [0, 0.05) is 29.0 Å². The summed E-state index contributed by atoms with van der Waals surface area (Å²) in [7, 11) is 0. The lowest BCUT2D eigenvalue weighted by Crippen LogP contribution is -2.40. The first kappa shape index (κ1) is 12.3. The second-order valence-electron chi connectivity index (χ2n) is 2.29. The Morgan fingerprint density at radius 3 is 2.00 bits per heavy atom. The van der Waals surface area contributed by atoms with E-state index in [0.29, 0.717) is 0 Å². The summed E-state index contributed by atoms with van der Waals surface area (Å²) in [6, 6.07) is 0. The lowest BCUT2D eigenvalue weighted by molar-refractivity contribution is -0.144. The van der Waals surface area contributed by atoms with Crippen molar-refractivity contribution in [1.82, 2.24) is 4.90 Å². The Balaban J connectivity index is 4.44. The molecule has 0 aliphatic heterocycles. The Hall–Kier alpha value is -0.710. The van der Waals surface area contributed by atoms with E-state index in [1.807, 2.05) is 15.9 Å². The molecule has 0 aromatic carbocycles. The average Bonchev–Trinajstić information content (AvgIpc) is 2.01. The minimum absolute atomic E-state index is 0.0754. The molecule has 1 amide bonds. The van der Waals surface area contributed by atoms with Crippen molar-refractivity contribution in [2.75, 3.05) is 13.1 Å². The molecule has 0 aromatic heterocycles. The number of halogens is 3. The zero-order chi connectivity index (χ0) is 10.5. The first-order valence-corrected chi connectivity index (χ1v) is 4.30. The van der Waals surface area contributed by atoms with Crippen LogP contribution in [-0.2, 0) is 4.79 Å². The largest absolute Gasteiger partial charge is 0.378 e. The molecule has 0 saturated carbocycles. The third-order valence-corrected chi connectivity index (χ3v) is 1.57. The Morgan fingerprint density at radius 2 is 1.77 bits per heavy atom. The second kappa shape index (κ2) is 5.11. The van der Waals surface area contributed by atoms with Gasteiger partial charge in [-0.2, -0.15) is 8.78 Å². The van der Waals surface area contributed by atoms with Crippen LogP contribution in [0.5, 0.6) is 0 Å². The fourth-order valence-corrected chi connectivity index (χ4v) is 0.982. The molecule has 0 spiro atoms. The maximum atomic E-state index is 12.5. The number of alkyl halides is 3. The van der Waals surface area contributed by atoms with Crippen LogP contribution in [0.3, 0.4) is 0 Å². The molecule has 0 radical (unpaired) electrons. The standard InChI is InChI=1S/C8H10BrF2NO/c1-3-5-12(6-4-2)7(13)8(9,10)11/h3-4H,1-2,5-6H2. The summed E-state index contributed by atoms with van der Waals surface area (Å²) in [6.45, 7) is 6.87. The van der Waals surface area contributed by atoms with Gasteiger partial charge >= 0.3 is 10.7 Å². The number of amides is 1. The fourth-order valence-electron chi connectivity index (χ4n) is 0.731. The van der Waals surface area contributed by atoms with Gasteiger partial charge in [0.25, 0.3) is 0 Å². The van der Waals surface area contributed by atoms with Crippen molar-refractivity contribution in [3.63, 3.8) is 0 Å². The number of rotatable bonds is 5. The molecule has 0 saturated heterocycles. The Kier molecular flexibility index (Phi) is 4.83. The molecule has 0 bridgehead atoms. The summed E-state index contributed by atoms with van der Waals surface area (Å²) in [5.74, 6) is -1.28. The summed E-state index contributed by atoms with van der Waals surface area (Å²) >= 11 is 1.99. The van der Waals surface area contributed by atoms with Gasteiger partial charge in [0.2, 0.25) is 0 Å². The summed E-state index contributed by atoms with van der Waals surface area (Å²) in [6.07, 6.45) is 2.75. The third kappa shape index (κ3) is 4.17. The number of hydrogen-bond acceptors (Lipinski definition) is 1. The Morgan fingerprint density at radius 1 is 1.38 bits per heavy atom. The predicted molar refractivity (Wildman–Crippen MR) is 50.8 cm³/mol. The predicted octanol–water partition coefficient (Wildman–Crippen LogP) is 2.17. The highest BCUT2D eigenvalue weighted by atomic mass is 79.9. The van der Waals surface area contributed by atoms with Gasteiger partial charge in [-0.15, -0.1) is 13.2 Å². The lowest BCUT2D eigenvalue weighted by atomic mass is 10.4. The van der Waals surface area contributed by atoms with E-state index in [4.69, 9.17) is 0 Å². The second-order valence-corrected chi connectivity index (χ2v) is 3.28. The maximum absolute atomic E-state index is 12.5. The summed E-state index contributed by atoms with van der Waals surface area (Å²) in [5, 5.41) is 0. The molecular formula is C8H10BrF2NO. The molecule has 2 nitrogen and oxygen atoms in total. The Bertz CT molecular complexity index is 203. The molecule has 0 aliphatic rings. The van der Waals surface area contributed by atoms with E-state index < -0.39 is 10.7 Å². The van der Waals surface area contributed by atoms with Crippen molar-refractivity contribution in [2.45, 2.75) is 4.83 Å². The van der Waals surface area contributed by atoms with E-state index >= 15 is 0 Å². The molecule has 5 heteroatoms. The minimum atomic E-state index is -3.51. The van der Waals surface area contributed by atoms with Crippen LogP contribution in [0.1, 0.15) is 0 Å². The van der Waals surface area contributed by atoms with Gasteiger partial charge < -0.3 is 4.90 Å². The van der Waals surface area contributed by atoms with Crippen LogP contribution in [0.25, 0.3) is 0 Å². The first-order valence-electron chi connectivity index (χ1n) is 3.51. The Labute approximate surface area is 84.0 Å². The van der Waals surface area contributed by atoms with Crippen LogP contribution in [0.4, 0.5) is 8.78 Å². The van der Waals surface area contributed by atoms with Gasteiger partial charge in [-0.05, 0) is 0 Å². The lowest BCUT2D eigenvalue weighted by Gasteiger charge is -2.21. The molecule has 0 aromatic rings. The van der Waals surface area contributed by atoms with Gasteiger partial charge in [-0.3, -0.25) is 4.79 Å². The molecule has 0 fully saturated rings. The van der Waals surface area contributed by atoms with E-state index in [-0.39, 0.29) is 13.1 Å². The van der Waals surface area contributed by atoms with Crippen LogP contribution in [-0.4, -0.2) is 28.7 Å². The van der Waals surface area contributed by atoms with E-state index in [1.165, 1.54) is 12.2 Å². The zero-order valence-corrected chi connectivity index (χ0v) is 8.56. The van der Waals surface area contributed by atoms with Crippen molar-refractivity contribution in [2.24, 2.45) is 0 Å². The van der Waals surface area contributed by atoms with E-state index in [9.17, 15) is 13.6 Å². The number of carbonyl (C=O) groups is 1. The SMILES string of the molecule is C=CCN(CC=C)C(=O)C(F)(F)Br. The van der Waals surface area contributed by atoms with Crippen molar-refractivity contribution >= 4 is 21.8 Å². The monoisotopic (exact) mass is 253 g/mol. The van der Waals surface area contributed by atoms with Crippen molar-refractivity contribution < 1.29 is 13.6 Å². The summed E-state index contributed by atoms with van der Waals surface area (Å²) in [4.78, 5) is 8.40. The highest BCUT2D eigenvalue weighted by Crippen LogP contribution is 2.24. The van der Waals surface area contributed by atoms with Crippen molar-refractivity contribution in [3.05, 3.63) is 25.3 Å². The van der Waals surface area contributed by atoms with Crippen LogP contribution < -0.4 is 0 Å². The summed E-state index contributed by atoms with van der Waals surface area (Å²) < 4.78 is 24.9. The van der Waals surface area contributed by atoms with Gasteiger partial charge in [0.05, 0.1) is 0 Å². The molecule has 13 heavy (non-hydrogen) atoms. The van der Waals surface area contributed by atoms with Gasteiger partial charge in [-0.25, -0.2) is 0 Å². The van der Waals surface area contributed by atoms with E-state index in [2.05, 4.69) is 13.2 Å². The van der Waals surface area contributed by atoms with Crippen LogP contribution in [0.15, 0.2) is 25.3 Å². The van der Waals surface area contributed by atoms with Gasteiger partial charge in [0.1, 0.15) is 0 Å². The third-order valence-electron chi connectivity index (χ3n) is 1.23. The molecule has 0 heterocycles. The minimum Gasteiger partial charge on any atom is -0.329 e. The van der Waals surface area contributed by atoms with E-state index in [0.717, 1.165) is 4.90 Å². The summed E-state index contributed by atoms with van der Waals surface area (Å²) in [5.41, 5.74) is 0. The number of hydrogen-bond donors (Lipinski definition) is 0. The topological polar surface area (TPSA) is 20.3 Å². The normalized spacial score (nSPS) is 10.7. The highest BCUT2D eigenvalue weighted by molar-refractivity contribution is 9.10. The zero-order valence-electron chi connectivity index (χ0n) is 6.97. The van der Waals surface area contributed by atoms with Gasteiger partial charge in [-0.1, -0.05) is 12.2 Å². The molecule has 0 atom stereocenters. The molecule has 0 N–H and O–H groups in total. The van der Waals surface area contributed by atoms with Crippen molar-refractivity contribution in [1.29, 1.82) is 0 Å². The molecule has 0 rings (SSSR count). The van der Waals surface area contributed by atoms with E-state index in [1.54, 1.807) is 0 Å². The number of nitrogens with zero attached hydrogens (tertiary/aromatic N) is 1. The highest BCUT2D eigenvalue weighted by Gasteiger charge is 2.38. The fraction of sp³-hybridized carbons (Fsp3) is 0.375. The van der Waals surface area contributed by atoms with Crippen LogP contribution in [0, 0.1) is 0 Å². The average molecular weight is 254 g/mol. The molecule has 0 unspecified atom stereocenters. The molecular weight excluding hydrogens is 244 g/mol.